The van der Waals surface area contributed by atoms with E-state index in [9.17, 15) is 15.2 Å². The average molecular weight is 231 g/mol. The van der Waals surface area contributed by atoms with E-state index in [-0.39, 0.29) is 0 Å². The number of unbranched alkanes of at least 4 members (excludes halogenated alkanes) is 6. The third kappa shape index (κ3) is 7.63. The van der Waals surface area contributed by atoms with E-state index in [4.69, 9.17) is 0 Å². The van der Waals surface area contributed by atoms with Crippen molar-refractivity contribution in [1.29, 1.82) is 0 Å². The molecule has 0 aromatic rings. The number of rotatable bonds is 10. The highest BCUT2D eigenvalue weighted by atomic mass is 16.6. The maximum atomic E-state index is 10.4. The second kappa shape index (κ2) is 9.58. The van der Waals surface area contributed by atoms with Gasteiger partial charge in [-0.3, -0.25) is 10.1 Å². The topological polar surface area (TPSA) is 63.4 Å². The fraction of sp³-hybridized carbons (Fsp3) is 1.00. The summed E-state index contributed by atoms with van der Waals surface area (Å²) in [7, 11) is 0. The van der Waals surface area contributed by atoms with Crippen LogP contribution in [0.5, 0.6) is 0 Å². The molecule has 16 heavy (non-hydrogen) atoms. The third-order valence-corrected chi connectivity index (χ3v) is 2.99. The molecule has 96 valence electrons. The van der Waals surface area contributed by atoms with E-state index in [2.05, 4.69) is 6.92 Å². The molecule has 0 aliphatic carbocycles. The van der Waals surface area contributed by atoms with E-state index >= 15 is 0 Å². The summed E-state index contributed by atoms with van der Waals surface area (Å²) in [6.07, 6.45) is 7.98. The first-order valence-electron chi connectivity index (χ1n) is 6.41. The van der Waals surface area contributed by atoms with Crippen molar-refractivity contribution < 1.29 is 10.0 Å². The van der Waals surface area contributed by atoms with Crippen LogP contribution in [0.25, 0.3) is 0 Å². The van der Waals surface area contributed by atoms with Gasteiger partial charge in [0.2, 0.25) is 6.04 Å². The first-order valence-corrected chi connectivity index (χ1v) is 6.41. The summed E-state index contributed by atoms with van der Waals surface area (Å²) >= 11 is 0. The van der Waals surface area contributed by atoms with Crippen LogP contribution < -0.4 is 0 Å². The number of nitrogens with zero attached hydrogens (tertiary/aromatic N) is 1. The maximum absolute atomic E-state index is 10.4. The predicted molar refractivity (Wildman–Crippen MR) is 65.1 cm³/mol. The van der Waals surface area contributed by atoms with Gasteiger partial charge < -0.3 is 5.11 Å². The van der Waals surface area contributed by atoms with Crippen LogP contribution in [-0.4, -0.2) is 22.2 Å². The fourth-order valence-corrected chi connectivity index (χ4v) is 1.69. The Labute approximate surface area is 98.2 Å². The number of hydrogen-bond donors (Lipinski definition) is 1. The van der Waals surface area contributed by atoms with E-state index in [0.29, 0.717) is 6.42 Å². The molecule has 4 heteroatoms. The molecule has 0 aromatic heterocycles. The molecule has 0 bridgehead atoms. The molecule has 0 unspecified atom stereocenters. The number of aliphatic hydroxyl groups excluding tert-OH is 1. The molecule has 0 heterocycles. The van der Waals surface area contributed by atoms with Gasteiger partial charge in [0.1, 0.15) is 6.10 Å². The standard InChI is InChI=1S/C12H25NO3/c1-3-4-5-6-7-8-9-10-12(14)11(2)13(15)16/h11-12,14H,3-10H2,1-2H3/t11-,12+/m0/s1. The first kappa shape index (κ1) is 15.4. The lowest BCUT2D eigenvalue weighted by atomic mass is 10.0. The molecule has 0 aromatic carbocycles. The van der Waals surface area contributed by atoms with Crippen molar-refractivity contribution >= 4 is 0 Å². The van der Waals surface area contributed by atoms with Crippen LogP contribution in [0.3, 0.4) is 0 Å². The summed E-state index contributed by atoms with van der Waals surface area (Å²) in [6, 6.07) is -0.833. The van der Waals surface area contributed by atoms with Crippen LogP contribution in [0.15, 0.2) is 0 Å². The van der Waals surface area contributed by atoms with Gasteiger partial charge in [-0.25, -0.2) is 0 Å². The third-order valence-electron chi connectivity index (χ3n) is 2.99. The van der Waals surface area contributed by atoms with Gasteiger partial charge in [0, 0.05) is 11.8 Å². The Kier molecular flexibility index (Phi) is 9.19. The van der Waals surface area contributed by atoms with Gasteiger partial charge >= 0.3 is 0 Å². The monoisotopic (exact) mass is 231 g/mol. The maximum Gasteiger partial charge on any atom is 0.235 e. The van der Waals surface area contributed by atoms with Crippen LogP contribution >= 0.6 is 0 Å². The van der Waals surface area contributed by atoms with Crippen LogP contribution in [0.1, 0.15) is 65.2 Å². The Bertz CT molecular complexity index is 185. The molecule has 0 radical (unpaired) electrons. The van der Waals surface area contributed by atoms with Gasteiger partial charge in [-0.1, -0.05) is 51.9 Å². The van der Waals surface area contributed by atoms with Gasteiger partial charge in [-0.05, 0) is 6.42 Å². The Hall–Kier alpha value is -0.640. The lowest BCUT2D eigenvalue weighted by molar-refractivity contribution is -0.530. The van der Waals surface area contributed by atoms with Crippen molar-refractivity contribution in [1.82, 2.24) is 0 Å². The zero-order chi connectivity index (χ0) is 12.4. The fourth-order valence-electron chi connectivity index (χ4n) is 1.69. The Balaban J connectivity index is 3.34. The summed E-state index contributed by atoms with van der Waals surface area (Å²) in [5, 5.41) is 19.9. The van der Waals surface area contributed by atoms with Gasteiger partial charge in [-0.15, -0.1) is 0 Å². The molecule has 0 saturated carbocycles. The summed E-state index contributed by atoms with van der Waals surface area (Å²) in [5.41, 5.74) is 0. The average Bonchev–Trinajstić information content (AvgIpc) is 2.26. The summed E-state index contributed by atoms with van der Waals surface area (Å²) < 4.78 is 0. The molecule has 0 fully saturated rings. The van der Waals surface area contributed by atoms with Gasteiger partial charge in [-0.2, -0.15) is 0 Å². The molecule has 0 aliphatic rings. The van der Waals surface area contributed by atoms with E-state index in [1.54, 1.807) is 0 Å². The quantitative estimate of drug-likeness (QED) is 0.357. The highest BCUT2D eigenvalue weighted by molar-refractivity contribution is 4.62. The summed E-state index contributed by atoms with van der Waals surface area (Å²) in [4.78, 5) is 9.98. The van der Waals surface area contributed by atoms with Crippen LogP contribution in [0.4, 0.5) is 0 Å². The molecule has 1 N–H and O–H groups in total. The Morgan fingerprint density at radius 2 is 1.62 bits per heavy atom. The molecule has 0 spiro atoms. The Morgan fingerprint density at radius 3 is 2.12 bits per heavy atom. The molecule has 4 nitrogen and oxygen atoms in total. The van der Waals surface area contributed by atoms with E-state index in [1.807, 2.05) is 0 Å². The van der Waals surface area contributed by atoms with E-state index < -0.39 is 17.1 Å². The molecular weight excluding hydrogens is 206 g/mol. The summed E-state index contributed by atoms with van der Waals surface area (Å²) in [6.45, 7) is 3.65. The minimum absolute atomic E-state index is 0.411. The van der Waals surface area contributed by atoms with Gasteiger partial charge in [0.25, 0.3) is 0 Å². The summed E-state index contributed by atoms with van der Waals surface area (Å²) in [5.74, 6) is 0. The zero-order valence-corrected chi connectivity index (χ0v) is 10.5. The first-order chi connectivity index (χ1) is 7.59. The molecule has 0 aliphatic heterocycles. The van der Waals surface area contributed by atoms with Crippen molar-refractivity contribution in [2.75, 3.05) is 0 Å². The van der Waals surface area contributed by atoms with E-state index in [1.165, 1.54) is 39.0 Å². The minimum atomic E-state index is -0.833. The second-order valence-electron chi connectivity index (χ2n) is 4.50. The predicted octanol–water partition coefficient (Wildman–Crippen LogP) is 3.15. The molecular formula is C12H25NO3. The second-order valence-corrected chi connectivity index (χ2v) is 4.50. The normalized spacial score (nSPS) is 14.7. The van der Waals surface area contributed by atoms with Crippen molar-refractivity contribution in [2.24, 2.45) is 0 Å². The highest BCUT2D eigenvalue weighted by Gasteiger charge is 2.23. The minimum Gasteiger partial charge on any atom is -0.386 e. The SMILES string of the molecule is CCCCCCCCC[C@@H](O)[C@H](C)[N+](=O)[O-]. The smallest absolute Gasteiger partial charge is 0.235 e. The van der Waals surface area contributed by atoms with Crippen molar-refractivity contribution in [2.45, 2.75) is 77.4 Å². The molecule has 2 atom stereocenters. The van der Waals surface area contributed by atoms with Crippen LogP contribution in [-0.2, 0) is 0 Å². The molecule has 0 rings (SSSR count). The molecule has 0 saturated heterocycles. The largest absolute Gasteiger partial charge is 0.386 e. The van der Waals surface area contributed by atoms with Crippen molar-refractivity contribution in [3.63, 3.8) is 0 Å². The van der Waals surface area contributed by atoms with Crippen molar-refractivity contribution in [3.05, 3.63) is 10.1 Å². The molecule has 0 amide bonds. The van der Waals surface area contributed by atoms with Gasteiger partial charge in [0.05, 0.1) is 0 Å². The van der Waals surface area contributed by atoms with Crippen LogP contribution in [0.2, 0.25) is 0 Å². The zero-order valence-electron chi connectivity index (χ0n) is 10.5. The van der Waals surface area contributed by atoms with Gasteiger partial charge in [0.15, 0.2) is 0 Å². The van der Waals surface area contributed by atoms with E-state index in [0.717, 1.165) is 12.8 Å². The number of hydrogen-bond acceptors (Lipinski definition) is 3. The number of aliphatic hydroxyl groups is 1. The highest BCUT2D eigenvalue weighted by Crippen LogP contribution is 2.11. The van der Waals surface area contributed by atoms with Crippen LogP contribution in [0, 0.1) is 10.1 Å². The Morgan fingerprint density at radius 1 is 1.12 bits per heavy atom. The number of nitro groups is 1. The lowest BCUT2D eigenvalue weighted by Gasteiger charge is -2.11. The van der Waals surface area contributed by atoms with Crippen molar-refractivity contribution in [3.8, 4) is 0 Å². The lowest BCUT2D eigenvalue weighted by Crippen LogP contribution is -2.30.